The number of benzene rings is 2. The van der Waals surface area contributed by atoms with Crippen LogP contribution in [0.3, 0.4) is 0 Å². The van der Waals surface area contributed by atoms with Gasteiger partial charge in [0.15, 0.2) is 0 Å². The van der Waals surface area contributed by atoms with E-state index in [1.54, 1.807) is 0 Å². The van der Waals surface area contributed by atoms with Crippen LogP contribution in [0.1, 0.15) is 16.7 Å². The monoisotopic (exact) mass is 294 g/mol. The van der Waals surface area contributed by atoms with E-state index >= 15 is 0 Å². The molecular weight excluding hydrogens is 284 g/mol. The number of aryl methyl sites for hydroxylation is 1. The van der Waals surface area contributed by atoms with Gasteiger partial charge in [0.25, 0.3) is 0 Å². The second-order valence-corrected chi connectivity index (χ2v) is 5.13. The van der Waals surface area contributed by atoms with Gasteiger partial charge in [-0.2, -0.15) is 0 Å². The Morgan fingerprint density at radius 3 is 2.56 bits per heavy atom. The minimum Gasteiger partial charge on any atom is -0.0840 e. The van der Waals surface area contributed by atoms with Crippen LogP contribution in [0.15, 0.2) is 46.9 Å². The summed E-state index contributed by atoms with van der Waals surface area (Å²) >= 11 is 9.73. The molecule has 0 saturated heterocycles. The lowest BCUT2D eigenvalue weighted by Gasteiger charge is -2.07. The van der Waals surface area contributed by atoms with Crippen LogP contribution in [0.2, 0.25) is 5.02 Å². The van der Waals surface area contributed by atoms with Crippen molar-refractivity contribution >= 4 is 27.5 Å². The van der Waals surface area contributed by atoms with Crippen LogP contribution in [0.4, 0.5) is 0 Å². The summed E-state index contributed by atoms with van der Waals surface area (Å²) in [5.41, 5.74) is 3.71. The third kappa shape index (κ3) is 2.66. The van der Waals surface area contributed by atoms with Gasteiger partial charge in [-0.15, -0.1) is 0 Å². The van der Waals surface area contributed by atoms with Gasteiger partial charge in [0.2, 0.25) is 0 Å². The van der Waals surface area contributed by atoms with Gasteiger partial charge in [-0.25, -0.2) is 0 Å². The minimum absolute atomic E-state index is 0.816. The van der Waals surface area contributed by atoms with Gasteiger partial charge in [-0.1, -0.05) is 63.4 Å². The highest BCUT2D eigenvalue weighted by Gasteiger charge is 2.05. The van der Waals surface area contributed by atoms with E-state index in [1.807, 2.05) is 18.2 Å². The average Bonchev–Trinajstić information content (AvgIpc) is 2.24. The highest BCUT2D eigenvalue weighted by molar-refractivity contribution is 9.10. The third-order valence-electron chi connectivity index (χ3n) is 2.53. The lowest BCUT2D eigenvalue weighted by Crippen LogP contribution is -1.91. The number of rotatable bonds is 2. The van der Waals surface area contributed by atoms with Crippen LogP contribution in [-0.2, 0) is 6.42 Å². The average molecular weight is 296 g/mol. The molecule has 2 rings (SSSR count). The predicted octanol–water partition coefficient (Wildman–Crippen LogP) is 5.00. The van der Waals surface area contributed by atoms with E-state index in [4.69, 9.17) is 11.6 Å². The molecule has 0 aliphatic heterocycles. The van der Waals surface area contributed by atoms with Gasteiger partial charge in [0.1, 0.15) is 0 Å². The molecule has 0 radical (unpaired) electrons. The Hall–Kier alpha value is -0.790. The van der Waals surface area contributed by atoms with Crippen molar-refractivity contribution in [3.63, 3.8) is 0 Å². The zero-order valence-electron chi connectivity index (χ0n) is 9.00. The highest BCUT2D eigenvalue weighted by atomic mass is 79.9. The summed E-state index contributed by atoms with van der Waals surface area (Å²) in [5.74, 6) is 0. The molecule has 0 spiro atoms. The summed E-state index contributed by atoms with van der Waals surface area (Å²) in [5, 5.41) is 0.816. The van der Waals surface area contributed by atoms with Crippen molar-refractivity contribution in [2.75, 3.05) is 0 Å². The van der Waals surface area contributed by atoms with Gasteiger partial charge in [-0.3, -0.25) is 0 Å². The van der Waals surface area contributed by atoms with Crippen molar-refractivity contribution in [1.29, 1.82) is 0 Å². The van der Waals surface area contributed by atoms with Crippen LogP contribution in [0.5, 0.6) is 0 Å². The van der Waals surface area contributed by atoms with Crippen molar-refractivity contribution in [3.05, 3.63) is 68.7 Å². The fourth-order valence-corrected chi connectivity index (χ4v) is 2.59. The Labute approximate surface area is 109 Å². The van der Waals surface area contributed by atoms with Crippen molar-refractivity contribution in [3.8, 4) is 0 Å². The standard InChI is InChI=1S/C14H12BrCl/c1-10-4-2-5-11(8-10)9-12-13(15)6-3-7-14(12)16/h2-8H,9H2,1H3. The molecule has 0 nitrogen and oxygen atoms in total. The summed E-state index contributed by atoms with van der Waals surface area (Å²) in [4.78, 5) is 0. The fraction of sp³-hybridized carbons (Fsp3) is 0.143. The molecule has 0 bridgehead atoms. The van der Waals surface area contributed by atoms with Gasteiger partial charge < -0.3 is 0 Å². The Bertz CT molecular complexity index is 486. The first kappa shape index (κ1) is 11.7. The minimum atomic E-state index is 0.816. The lowest BCUT2D eigenvalue weighted by atomic mass is 10.0. The van der Waals surface area contributed by atoms with Crippen molar-refractivity contribution in [2.45, 2.75) is 13.3 Å². The Morgan fingerprint density at radius 2 is 1.88 bits per heavy atom. The zero-order valence-corrected chi connectivity index (χ0v) is 11.3. The fourth-order valence-electron chi connectivity index (χ4n) is 1.73. The highest BCUT2D eigenvalue weighted by Crippen LogP contribution is 2.27. The van der Waals surface area contributed by atoms with Crippen molar-refractivity contribution in [1.82, 2.24) is 0 Å². The molecule has 0 fully saturated rings. The maximum atomic E-state index is 6.19. The molecule has 2 aromatic rings. The molecule has 2 heteroatoms. The van der Waals surface area contributed by atoms with E-state index in [0.717, 1.165) is 21.5 Å². The van der Waals surface area contributed by atoms with Gasteiger partial charge >= 0.3 is 0 Å². The predicted molar refractivity (Wildman–Crippen MR) is 73.1 cm³/mol. The van der Waals surface area contributed by atoms with Crippen LogP contribution in [-0.4, -0.2) is 0 Å². The van der Waals surface area contributed by atoms with Crippen LogP contribution in [0, 0.1) is 6.92 Å². The number of halogens is 2. The quantitative estimate of drug-likeness (QED) is 0.731. The molecule has 0 amide bonds. The van der Waals surface area contributed by atoms with E-state index < -0.39 is 0 Å². The van der Waals surface area contributed by atoms with Gasteiger partial charge in [0.05, 0.1) is 0 Å². The SMILES string of the molecule is Cc1cccc(Cc2c(Cl)cccc2Br)c1. The Morgan fingerprint density at radius 1 is 1.12 bits per heavy atom. The van der Waals surface area contributed by atoms with Crippen LogP contribution < -0.4 is 0 Å². The van der Waals surface area contributed by atoms with Gasteiger partial charge in [0, 0.05) is 15.9 Å². The first-order valence-electron chi connectivity index (χ1n) is 5.15. The maximum absolute atomic E-state index is 6.19. The molecule has 0 N–H and O–H groups in total. The van der Waals surface area contributed by atoms with E-state index in [1.165, 1.54) is 11.1 Å². The van der Waals surface area contributed by atoms with Crippen molar-refractivity contribution in [2.24, 2.45) is 0 Å². The Kier molecular flexibility index (Phi) is 3.67. The molecule has 0 aliphatic rings. The first-order chi connectivity index (χ1) is 7.66. The van der Waals surface area contributed by atoms with E-state index in [0.29, 0.717) is 0 Å². The smallest absolute Gasteiger partial charge is 0.0452 e. The van der Waals surface area contributed by atoms with Crippen molar-refractivity contribution < 1.29 is 0 Å². The van der Waals surface area contributed by atoms with Crippen LogP contribution >= 0.6 is 27.5 Å². The molecular formula is C14H12BrCl. The molecule has 82 valence electrons. The molecule has 16 heavy (non-hydrogen) atoms. The second kappa shape index (κ2) is 5.03. The van der Waals surface area contributed by atoms with Crippen LogP contribution in [0.25, 0.3) is 0 Å². The normalized spacial score (nSPS) is 10.4. The molecule has 0 aliphatic carbocycles. The van der Waals surface area contributed by atoms with Gasteiger partial charge in [-0.05, 0) is 30.2 Å². The summed E-state index contributed by atoms with van der Waals surface area (Å²) in [6, 6.07) is 14.4. The first-order valence-corrected chi connectivity index (χ1v) is 6.32. The third-order valence-corrected chi connectivity index (χ3v) is 3.62. The second-order valence-electron chi connectivity index (χ2n) is 3.87. The molecule has 0 heterocycles. The summed E-state index contributed by atoms with van der Waals surface area (Å²) < 4.78 is 1.07. The number of hydrogen-bond acceptors (Lipinski definition) is 0. The summed E-state index contributed by atoms with van der Waals surface area (Å²) in [6.07, 6.45) is 0.863. The summed E-state index contributed by atoms with van der Waals surface area (Å²) in [6.45, 7) is 2.10. The summed E-state index contributed by atoms with van der Waals surface area (Å²) in [7, 11) is 0. The van der Waals surface area contributed by atoms with E-state index in [-0.39, 0.29) is 0 Å². The topological polar surface area (TPSA) is 0 Å². The Balaban J connectivity index is 2.34. The zero-order chi connectivity index (χ0) is 11.5. The molecule has 0 aromatic heterocycles. The molecule has 0 atom stereocenters. The molecule has 2 aromatic carbocycles. The number of hydrogen-bond donors (Lipinski definition) is 0. The van der Waals surface area contributed by atoms with E-state index in [2.05, 4.69) is 47.1 Å². The molecule has 0 unspecified atom stereocenters. The largest absolute Gasteiger partial charge is 0.0840 e. The lowest BCUT2D eigenvalue weighted by molar-refractivity contribution is 1.17. The van der Waals surface area contributed by atoms with E-state index in [9.17, 15) is 0 Å². The molecule has 0 saturated carbocycles. The maximum Gasteiger partial charge on any atom is 0.0452 e.